The van der Waals surface area contributed by atoms with Gasteiger partial charge in [0.05, 0.1) is 5.69 Å². The van der Waals surface area contributed by atoms with Crippen LogP contribution in [0.1, 0.15) is 12.5 Å². The number of nitrogens with zero attached hydrogens (tertiary/aromatic N) is 1. The van der Waals surface area contributed by atoms with E-state index in [0.29, 0.717) is 0 Å². The Bertz CT molecular complexity index is 439. The number of benzene rings is 2. The minimum absolute atomic E-state index is 0.934. The lowest BCUT2D eigenvalue weighted by Crippen LogP contribution is -2.39. The van der Waals surface area contributed by atoms with E-state index in [1.54, 1.807) is 0 Å². The Morgan fingerprint density at radius 1 is 0.889 bits per heavy atom. The van der Waals surface area contributed by atoms with E-state index in [1.165, 1.54) is 11.3 Å². The van der Waals surface area contributed by atoms with Crippen LogP contribution >= 0.6 is 0 Å². The van der Waals surface area contributed by atoms with Crippen LogP contribution in [-0.4, -0.2) is 13.1 Å². The first-order valence-electron chi connectivity index (χ1n) is 6.50. The highest BCUT2D eigenvalue weighted by atomic mass is 15.5. The maximum Gasteiger partial charge on any atom is 0.0519 e. The van der Waals surface area contributed by atoms with E-state index in [0.717, 1.165) is 19.5 Å². The monoisotopic (exact) mass is 240 g/mol. The molecule has 0 radical (unpaired) electrons. The van der Waals surface area contributed by atoms with E-state index in [9.17, 15) is 0 Å². The van der Waals surface area contributed by atoms with E-state index < -0.39 is 0 Å². The Hall–Kier alpha value is -1.80. The highest BCUT2D eigenvalue weighted by Gasteiger charge is 2.04. The molecule has 94 valence electrons. The molecule has 2 aromatic rings. The smallest absolute Gasteiger partial charge is 0.0519 e. The standard InChI is InChI=1S/C16H20N2/c1-2-17-18(16-11-7-4-8-12-16)14-13-15-9-5-3-6-10-15/h3-12,17H,2,13-14H2,1H3. The molecule has 0 fully saturated rings. The van der Waals surface area contributed by atoms with Gasteiger partial charge < -0.3 is 5.01 Å². The van der Waals surface area contributed by atoms with Crippen molar-refractivity contribution in [2.24, 2.45) is 0 Å². The molecule has 0 saturated heterocycles. The summed E-state index contributed by atoms with van der Waals surface area (Å²) >= 11 is 0. The molecule has 0 bridgehead atoms. The second kappa shape index (κ2) is 6.82. The molecule has 0 aromatic heterocycles. The molecule has 0 aliphatic rings. The minimum Gasteiger partial charge on any atom is -0.308 e. The van der Waals surface area contributed by atoms with Crippen molar-refractivity contribution in [2.75, 3.05) is 18.1 Å². The quantitative estimate of drug-likeness (QED) is 0.780. The third-order valence-corrected chi connectivity index (χ3v) is 2.88. The molecule has 2 heteroatoms. The molecule has 1 N–H and O–H groups in total. The minimum atomic E-state index is 0.934. The summed E-state index contributed by atoms with van der Waals surface area (Å²) in [5.74, 6) is 0. The number of anilines is 1. The summed E-state index contributed by atoms with van der Waals surface area (Å²) in [6.07, 6.45) is 1.04. The van der Waals surface area contributed by atoms with E-state index >= 15 is 0 Å². The first-order chi connectivity index (χ1) is 8.90. The van der Waals surface area contributed by atoms with Crippen molar-refractivity contribution >= 4 is 5.69 Å². The van der Waals surface area contributed by atoms with Gasteiger partial charge in [0.15, 0.2) is 0 Å². The highest BCUT2D eigenvalue weighted by Crippen LogP contribution is 2.11. The van der Waals surface area contributed by atoms with Crippen LogP contribution in [0.3, 0.4) is 0 Å². The molecule has 0 spiro atoms. The fourth-order valence-corrected chi connectivity index (χ4v) is 1.98. The number of para-hydroxylation sites is 1. The largest absolute Gasteiger partial charge is 0.308 e. The van der Waals surface area contributed by atoms with Gasteiger partial charge in [0.25, 0.3) is 0 Å². The molecule has 0 amide bonds. The maximum atomic E-state index is 3.40. The number of rotatable bonds is 6. The van der Waals surface area contributed by atoms with Crippen molar-refractivity contribution in [1.29, 1.82) is 0 Å². The van der Waals surface area contributed by atoms with Crippen LogP contribution in [-0.2, 0) is 6.42 Å². The number of nitrogens with one attached hydrogen (secondary N) is 1. The molecule has 0 aliphatic heterocycles. The average molecular weight is 240 g/mol. The van der Waals surface area contributed by atoms with Gasteiger partial charge in [-0.1, -0.05) is 55.5 Å². The van der Waals surface area contributed by atoms with Crippen molar-refractivity contribution in [3.8, 4) is 0 Å². The van der Waals surface area contributed by atoms with Crippen LogP contribution in [0.5, 0.6) is 0 Å². The summed E-state index contributed by atoms with van der Waals surface area (Å²) in [5, 5.41) is 2.22. The van der Waals surface area contributed by atoms with Gasteiger partial charge in [-0.05, 0) is 24.1 Å². The molecule has 0 atom stereocenters. The van der Waals surface area contributed by atoms with E-state index in [1.807, 2.05) is 6.07 Å². The fraction of sp³-hybridized carbons (Fsp3) is 0.250. The van der Waals surface area contributed by atoms with Crippen molar-refractivity contribution in [1.82, 2.24) is 5.43 Å². The molecule has 0 aliphatic carbocycles. The first-order valence-corrected chi connectivity index (χ1v) is 6.50. The zero-order valence-electron chi connectivity index (χ0n) is 10.8. The van der Waals surface area contributed by atoms with Gasteiger partial charge in [0.2, 0.25) is 0 Å². The van der Waals surface area contributed by atoms with Crippen LogP contribution in [0, 0.1) is 0 Å². The summed E-state index contributed by atoms with van der Waals surface area (Å²) in [4.78, 5) is 0. The summed E-state index contributed by atoms with van der Waals surface area (Å²) < 4.78 is 0. The SMILES string of the molecule is CCNN(CCc1ccccc1)c1ccccc1. The van der Waals surface area contributed by atoms with Gasteiger partial charge in [-0.2, -0.15) is 0 Å². The van der Waals surface area contributed by atoms with E-state index in [-0.39, 0.29) is 0 Å². The van der Waals surface area contributed by atoms with E-state index in [4.69, 9.17) is 0 Å². The van der Waals surface area contributed by atoms with Crippen LogP contribution < -0.4 is 10.4 Å². The zero-order chi connectivity index (χ0) is 12.6. The fourth-order valence-electron chi connectivity index (χ4n) is 1.98. The van der Waals surface area contributed by atoms with Crippen LogP contribution in [0.2, 0.25) is 0 Å². The summed E-state index contributed by atoms with van der Waals surface area (Å²) in [6.45, 7) is 4.03. The third-order valence-electron chi connectivity index (χ3n) is 2.88. The number of hydrogen-bond donors (Lipinski definition) is 1. The van der Waals surface area contributed by atoms with E-state index in [2.05, 4.69) is 72.0 Å². The molecule has 2 nitrogen and oxygen atoms in total. The van der Waals surface area contributed by atoms with Gasteiger partial charge in [-0.15, -0.1) is 0 Å². The average Bonchev–Trinajstić information content (AvgIpc) is 2.45. The Labute approximate surface area is 109 Å². The Morgan fingerprint density at radius 3 is 2.11 bits per heavy atom. The zero-order valence-corrected chi connectivity index (χ0v) is 10.8. The number of hydrazine groups is 1. The van der Waals surface area contributed by atoms with Crippen molar-refractivity contribution < 1.29 is 0 Å². The van der Waals surface area contributed by atoms with Crippen molar-refractivity contribution in [2.45, 2.75) is 13.3 Å². The Morgan fingerprint density at radius 2 is 1.50 bits per heavy atom. The molecule has 18 heavy (non-hydrogen) atoms. The van der Waals surface area contributed by atoms with Gasteiger partial charge in [-0.3, -0.25) is 0 Å². The summed E-state index contributed by atoms with van der Waals surface area (Å²) in [6, 6.07) is 21.0. The van der Waals surface area contributed by atoms with Gasteiger partial charge in [0.1, 0.15) is 0 Å². The van der Waals surface area contributed by atoms with Crippen molar-refractivity contribution in [3.05, 3.63) is 66.2 Å². The highest BCUT2D eigenvalue weighted by molar-refractivity contribution is 5.44. The summed E-state index contributed by atoms with van der Waals surface area (Å²) in [5.41, 5.74) is 5.99. The molecule has 0 heterocycles. The maximum absolute atomic E-state index is 3.40. The Balaban J connectivity index is 1.99. The third kappa shape index (κ3) is 3.60. The second-order valence-corrected chi connectivity index (χ2v) is 4.23. The lowest BCUT2D eigenvalue weighted by atomic mass is 10.1. The molecule has 0 saturated carbocycles. The molecule has 2 aromatic carbocycles. The lowest BCUT2D eigenvalue weighted by molar-refractivity contribution is 0.643. The summed E-state index contributed by atoms with van der Waals surface area (Å²) in [7, 11) is 0. The lowest BCUT2D eigenvalue weighted by Gasteiger charge is -2.25. The molecular formula is C16H20N2. The van der Waals surface area contributed by atoms with Gasteiger partial charge in [-0.25, -0.2) is 5.43 Å². The van der Waals surface area contributed by atoms with Crippen LogP contribution in [0.15, 0.2) is 60.7 Å². The molecular weight excluding hydrogens is 220 g/mol. The normalized spacial score (nSPS) is 10.3. The van der Waals surface area contributed by atoms with Gasteiger partial charge >= 0.3 is 0 Å². The predicted octanol–water partition coefficient (Wildman–Crippen LogP) is 3.26. The topological polar surface area (TPSA) is 15.3 Å². The first kappa shape index (κ1) is 12.7. The van der Waals surface area contributed by atoms with Crippen molar-refractivity contribution in [3.63, 3.8) is 0 Å². The molecule has 0 unspecified atom stereocenters. The van der Waals surface area contributed by atoms with Crippen LogP contribution in [0.25, 0.3) is 0 Å². The predicted molar refractivity (Wildman–Crippen MR) is 77.6 cm³/mol. The second-order valence-electron chi connectivity index (χ2n) is 4.23. The Kier molecular flexibility index (Phi) is 4.79. The van der Waals surface area contributed by atoms with Gasteiger partial charge in [0, 0.05) is 13.1 Å². The van der Waals surface area contributed by atoms with Crippen LogP contribution in [0.4, 0.5) is 5.69 Å². The number of hydrogen-bond acceptors (Lipinski definition) is 2. The molecule has 2 rings (SSSR count).